The first kappa shape index (κ1) is 22.1. The molecular weight excluding hydrogens is 493 g/mol. The molecule has 5 nitrogen and oxygen atoms in total. The molecule has 1 fully saturated rings. The molecule has 1 unspecified atom stereocenters. The fourth-order valence-corrected chi connectivity index (χ4v) is 4.72. The summed E-state index contributed by atoms with van der Waals surface area (Å²) in [7, 11) is 0. The van der Waals surface area contributed by atoms with Gasteiger partial charge in [0.05, 0.1) is 12.6 Å². The molecule has 3 N–H and O–H groups in total. The number of nitrogens with one attached hydrogen (secondary N) is 3. The van der Waals surface area contributed by atoms with Crippen molar-refractivity contribution in [3.05, 3.63) is 58.4 Å². The van der Waals surface area contributed by atoms with Gasteiger partial charge in [0.25, 0.3) is 0 Å². The lowest BCUT2D eigenvalue weighted by Crippen LogP contribution is -2.42. The maximum absolute atomic E-state index is 4.81. The number of halogens is 1. The molecule has 0 bridgehead atoms. The van der Waals surface area contributed by atoms with Crippen LogP contribution < -0.4 is 10.6 Å². The third kappa shape index (κ3) is 5.73. The Hall–Kier alpha value is -1.58. The van der Waals surface area contributed by atoms with Crippen LogP contribution in [0.1, 0.15) is 36.4 Å². The Bertz CT molecular complexity index is 866. The van der Waals surface area contributed by atoms with E-state index in [1.54, 1.807) is 0 Å². The van der Waals surface area contributed by atoms with E-state index in [1.165, 1.54) is 36.2 Å². The zero-order valence-corrected chi connectivity index (χ0v) is 20.0. The normalized spacial score (nSPS) is 16.0. The number of guanidine groups is 1. The highest BCUT2D eigenvalue weighted by Gasteiger charge is 2.24. The summed E-state index contributed by atoms with van der Waals surface area (Å²) >= 11 is 1.85. The van der Waals surface area contributed by atoms with Crippen molar-refractivity contribution in [3.8, 4) is 0 Å². The van der Waals surface area contributed by atoms with Gasteiger partial charge >= 0.3 is 0 Å². The molecule has 1 saturated heterocycles. The van der Waals surface area contributed by atoms with Gasteiger partial charge in [0.1, 0.15) is 0 Å². The van der Waals surface area contributed by atoms with E-state index < -0.39 is 0 Å². The van der Waals surface area contributed by atoms with Crippen molar-refractivity contribution in [3.63, 3.8) is 0 Å². The van der Waals surface area contributed by atoms with Crippen LogP contribution in [0.25, 0.3) is 10.9 Å². The smallest absolute Gasteiger partial charge is 0.191 e. The molecule has 1 atom stereocenters. The molecule has 156 valence electrons. The molecule has 1 aliphatic heterocycles. The van der Waals surface area contributed by atoms with Crippen LogP contribution in [0.3, 0.4) is 0 Å². The van der Waals surface area contributed by atoms with Gasteiger partial charge in [-0.05, 0) is 61.8 Å². The van der Waals surface area contributed by atoms with Crippen molar-refractivity contribution < 1.29 is 0 Å². The van der Waals surface area contributed by atoms with Crippen LogP contribution in [0.5, 0.6) is 0 Å². The highest BCUT2D eigenvalue weighted by atomic mass is 127. The lowest BCUT2D eigenvalue weighted by Gasteiger charge is -2.27. The maximum atomic E-state index is 4.81. The molecule has 0 amide bonds. The molecule has 7 heteroatoms. The summed E-state index contributed by atoms with van der Waals surface area (Å²) in [6.45, 7) is 6.85. The van der Waals surface area contributed by atoms with Crippen LogP contribution in [0, 0.1) is 0 Å². The van der Waals surface area contributed by atoms with Crippen molar-refractivity contribution in [1.29, 1.82) is 0 Å². The Labute approximate surface area is 194 Å². The molecule has 29 heavy (non-hydrogen) atoms. The summed E-state index contributed by atoms with van der Waals surface area (Å²) in [5.41, 5.74) is 2.30. The fourth-order valence-electron chi connectivity index (χ4n) is 3.86. The SMILES string of the molecule is CCNC(=NCc1cc2ccccc2[nH]1)NCC(c1cccs1)N1CCCC1.I. The summed E-state index contributed by atoms with van der Waals surface area (Å²) in [6.07, 6.45) is 2.60. The van der Waals surface area contributed by atoms with Crippen LogP contribution in [-0.2, 0) is 6.54 Å². The first-order valence-electron chi connectivity index (χ1n) is 10.2. The number of fused-ring (bicyclic) bond motifs is 1. The molecule has 4 rings (SSSR count). The summed E-state index contributed by atoms with van der Waals surface area (Å²) in [4.78, 5) is 12.3. The molecule has 3 aromatic rings. The number of para-hydroxylation sites is 1. The second-order valence-electron chi connectivity index (χ2n) is 7.23. The fraction of sp³-hybridized carbons (Fsp3) is 0.409. The van der Waals surface area contributed by atoms with E-state index in [0.717, 1.165) is 30.3 Å². The highest BCUT2D eigenvalue weighted by Crippen LogP contribution is 2.27. The molecule has 0 saturated carbocycles. The molecule has 3 heterocycles. The lowest BCUT2D eigenvalue weighted by molar-refractivity contribution is 0.249. The quantitative estimate of drug-likeness (QED) is 0.238. The maximum Gasteiger partial charge on any atom is 0.191 e. The van der Waals surface area contributed by atoms with E-state index in [2.05, 4.69) is 75.3 Å². The number of thiophene rings is 1. The first-order valence-corrected chi connectivity index (χ1v) is 11.1. The van der Waals surface area contributed by atoms with Crippen molar-refractivity contribution in [1.82, 2.24) is 20.5 Å². The van der Waals surface area contributed by atoms with E-state index in [-0.39, 0.29) is 24.0 Å². The lowest BCUT2D eigenvalue weighted by atomic mass is 10.2. The van der Waals surface area contributed by atoms with Crippen molar-refractivity contribution in [2.45, 2.75) is 32.4 Å². The second kappa shape index (κ2) is 11.0. The van der Waals surface area contributed by atoms with Gasteiger partial charge < -0.3 is 15.6 Å². The van der Waals surface area contributed by atoms with Gasteiger partial charge in [-0.2, -0.15) is 0 Å². The molecule has 1 aromatic carbocycles. The summed E-state index contributed by atoms with van der Waals surface area (Å²) in [5, 5.41) is 10.4. The number of hydrogen-bond acceptors (Lipinski definition) is 3. The average molecular weight is 523 g/mol. The Kier molecular flexibility index (Phi) is 8.38. The van der Waals surface area contributed by atoms with Gasteiger partial charge in [0, 0.05) is 29.2 Å². The van der Waals surface area contributed by atoms with Gasteiger partial charge in [-0.1, -0.05) is 24.3 Å². The Morgan fingerprint density at radius 2 is 2.00 bits per heavy atom. The molecule has 0 spiro atoms. The predicted octanol–water partition coefficient (Wildman–Crippen LogP) is 4.74. The van der Waals surface area contributed by atoms with E-state index in [4.69, 9.17) is 4.99 Å². The van der Waals surface area contributed by atoms with Crippen LogP contribution in [-0.4, -0.2) is 42.0 Å². The van der Waals surface area contributed by atoms with Crippen LogP contribution in [0.4, 0.5) is 0 Å². The van der Waals surface area contributed by atoms with Gasteiger partial charge in [-0.25, -0.2) is 4.99 Å². The Morgan fingerprint density at radius 3 is 2.72 bits per heavy atom. The number of aromatic nitrogens is 1. The number of aromatic amines is 1. The highest BCUT2D eigenvalue weighted by molar-refractivity contribution is 14.0. The van der Waals surface area contributed by atoms with E-state index in [1.807, 2.05) is 11.3 Å². The third-order valence-electron chi connectivity index (χ3n) is 5.25. The van der Waals surface area contributed by atoms with Crippen LogP contribution in [0.15, 0.2) is 52.8 Å². The Balaban J connectivity index is 0.00000240. The molecule has 2 aromatic heterocycles. The zero-order chi connectivity index (χ0) is 19.2. The van der Waals surface area contributed by atoms with Crippen LogP contribution >= 0.6 is 35.3 Å². The first-order chi connectivity index (χ1) is 13.8. The van der Waals surface area contributed by atoms with Gasteiger partial charge in [0.2, 0.25) is 0 Å². The number of rotatable bonds is 7. The number of benzene rings is 1. The zero-order valence-electron chi connectivity index (χ0n) is 16.9. The standard InChI is InChI=1S/C22H29N5S.HI/c1-2-23-22(24-15-18-14-17-8-3-4-9-19(17)26-18)25-16-20(21-10-7-13-28-21)27-11-5-6-12-27;/h3-4,7-10,13-14,20,26H,2,5-6,11-12,15-16H2,1H3,(H2,23,24,25);1H. The molecular formula is C22H30IN5S. The van der Waals surface area contributed by atoms with Crippen molar-refractivity contribution in [2.75, 3.05) is 26.2 Å². The number of aliphatic imine (C=N–C) groups is 1. The number of H-pyrrole nitrogens is 1. The van der Waals surface area contributed by atoms with Gasteiger partial charge in [-0.3, -0.25) is 4.90 Å². The number of hydrogen-bond donors (Lipinski definition) is 3. The molecule has 0 aliphatic carbocycles. The second-order valence-corrected chi connectivity index (χ2v) is 8.21. The summed E-state index contributed by atoms with van der Waals surface area (Å²) in [5.74, 6) is 0.877. The minimum absolute atomic E-state index is 0. The summed E-state index contributed by atoms with van der Waals surface area (Å²) < 4.78 is 0. The van der Waals surface area contributed by atoms with Crippen LogP contribution in [0.2, 0.25) is 0 Å². The summed E-state index contributed by atoms with van der Waals surface area (Å²) in [6, 6.07) is 15.4. The van der Waals surface area contributed by atoms with Gasteiger partial charge in [-0.15, -0.1) is 35.3 Å². The average Bonchev–Trinajstić information content (AvgIpc) is 3.47. The molecule has 1 aliphatic rings. The topological polar surface area (TPSA) is 55.5 Å². The van der Waals surface area contributed by atoms with E-state index in [0.29, 0.717) is 12.6 Å². The predicted molar refractivity (Wildman–Crippen MR) is 134 cm³/mol. The van der Waals surface area contributed by atoms with Crippen molar-refractivity contribution in [2.24, 2.45) is 4.99 Å². The third-order valence-corrected chi connectivity index (χ3v) is 6.23. The number of likely N-dealkylation sites (tertiary alicyclic amines) is 1. The monoisotopic (exact) mass is 523 g/mol. The largest absolute Gasteiger partial charge is 0.357 e. The minimum atomic E-state index is 0. The molecule has 0 radical (unpaired) electrons. The number of nitrogens with zero attached hydrogens (tertiary/aromatic N) is 2. The Morgan fingerprint density at radius 1 is 1.17 bits per heavy atom. The van der Waals surface area contributed by atoms with E-state index >= 15 is 0 Å². The van der Waals surface area contributed by atoms with Crippen molar-refractivity contribution >= 4 is 52.2 Å². The van der Waals surface area contributed by atoms with Gasteiger partial charge in [0.15, 0.2) is 5.96 Å². The minimum Gasteiger partial charge on any atom is -0.357 e. The van der Waals surface area contributed by atoms with E-state index in [9.17, 15) is 0 Å².